The van der Waals surface area contributed by atoms with E-state index in [4.69, 9.17) is 0 Å². The minimum Gasteiger partial charge on any atom is -0.207 e. The zero-order valence-corrected chi connectivity index (χ0v) is 17.4. The van der Waals surface area contributed by atoms with E-state index in [-0.39, 0.29) is 22.4 Å². The van der Waals surface area contributed by atoms with Crippen LogP contribution in [0.15, 0.2) is 77.7 Å². The summed E-state index contributed by atoms with van der Waals surface area (Å²) in [5.74, 6) is -0.573. The summed E-state index contributed by atoms with van der Waals surface area (Å²) in [6.45, 7) is 2.24. The maximum Gasteiger partial charge on any atom is 0.243 e. The summed E-state index contributed by atoms with van der Waals surface area (Å²) in [5.41, 5.74) is 2.72. The zero-order valence-electron chi connectivity index (χ0n) is 16.6. The van der Waals surface area contributed by atoms with Crippen molar-refractivity contribution in [2.75, 3.05) is 6.54 Å². The van der Waals surface area contributed by atoms with Gasteiger partial charge in [-0.3, -0.25) is 0 Å². The summed E-state index contributed by atoms with van der Waals surface area (Å²) in [4.78, 5) is 0.250. The lowest BCUT2D eigenvalue weighted by molar-refractivity contribution is 0.233. The minimum atomic E-state index is -3.72. The first kappa shape index (κ1) is 20.7. The van der Waals surface area contributed by atoms with Crippen LogP contribution in [-0.2, 0) is 10.0 Å². The second kappa shape index (κ2) is 8.28. The van der Waals surface area contributed by atoms with Crippen molar-refractivity contribution in [2.24, 2.45) is 0 Å². The molecule has 2 atom stereocenters. The smallest absolute Gasteiger partial charge is 0.207 e. The molecule has 30 heavy (non-hydrogen) atoms. The molecule has 2 unspecified atom stereocenters. The molecule has 1 aliphatic rings. The van der Waals surface area contributed by atoms with Crippen LogP contribution in [-0.4, -0.2) is 19.3 Å². The van der Waals surface area contributed by atoms with Crippen molar-refractivity contribution in [1.82, 2.24) is 4.31 Å². The lowest BCUT2D eigenvalue weighted by Crippen LogP contribution is -2.40. The van der Waals surface area contributed by atoms with E-state index in [0.29, 0.717) is 19.4 Å². The number of hydrogen-bond acceptors (Lipinski definition) is 2. The molecule has 0 radical (unpaired) electrons. The monoisotopic (exact) mass is 427 g/mol. The van der Waals surface area contributed by atoms with Gasteiger partial charge in [-0.25, -0.2) is 17.2 Å². The van der Waals surface area contributed by atoms with Crippen LogP contribution < -0.4 is 0 Å². The van der Waals surface area contributed by atoms with E-state index in [1.54, 1.807) is 48.5 Å². The molecule has 1 heterocycles. The highest BCUT2D eigenvalue weighted by Crippen LogP contribution is 2.42. The fourth-order valence-corrected chi connectivity index (χ4v) is 5.74. The predicted molar refractivity (Wildman–Crippen MR) is 113 cm³/mol. The fourth-order valence-electron chi connectivity index (χ4n) is 4.10. The summed E-state index contributed by atoms with van der Waals surface area (Å²) in [6, 6.07) is 18.7. The normalized spacial score (nSPS) is 20.2. The topological polar surface area (TPSA) is 37.4 Å². The van der Waals surface area contributed by atoms with Gasteiger partial charge >= 0.3 is 0 Å². The summed E-state index contributed by atoms with van der Waals surface area (Å²) in [7, 11) is -3.72. The largest absolute Gasteiger partial charge is 0.243 e. The molecule has 3 aromatic rings. The van der Waals surface area contributed by atoms with E-state index >= 15 is 0 Å². The summed E-state index contributed by atoms with van der Waals surface area (Å²) < 4.78 is 55.2. The standard InChI is InChI=1S/C24H23F2NO2S/c1-17-2-12-23(13-3-17)30(28,29)27-15-14-20(18-4-8-21(25)9-5-18)16-24(27)19-6-10-22(26)11-7-19/h2-13,20,24H,14-16H2,1H3. The molecule has 1 aliphatic heterocycles. The lowest BCUT2D eigenvalue weighted by Gasteiger charge is -2.39. The molecule has 1 saturated heterocycles. The van der Waals surface area contributed by atoms with Crippen molar-refractivity contribution >= 4 is 10.0 Å². The van der Waals surface area contributed by atoms with Gasteiger partial charge in [0.1, 0.15) is 11.6 Å². The number of aryl methyl sites for hydroxylation is 1. The van der Waals surface area contributed by atoms with Gasteiger partial charge in [-0.05, 0) is 73.2 Å². The zero-order chi connectivity index (χ0) is 21.3. The van der Waals surface area contributed by atoms with Gasteiger partial charge in [0.25, 0.3) is 0 Å². The maximum absolute atomic E-state index is 13.5. The molecule has 0 N–H and O–H groups in total. The third-order valence-corrected chi connectivity index (χ3v) is 7.70. The van der Waals surface area contributed by atoms with E-state index in [9.17, 15) is 17.2 Å². The quantitative estimate of drug-likeness (QED) is 0.545. The molecule has 1 fully saturated rings. The Morgan fingerprint density at radius 2 is 1.33 bits per heavy atom. The fraction of sp³-hybridized carbons (Fsp3) is 0.250. The van der Waals surface area contributed by atoms with Crippen LogP contribution in [0, 0.1) is 18.6 Å². The van der Waals surface area contributed by atoms with Crippen molar-refractivity contribution < 1.29 is 17.2 Å². The molecule has 6 heteroatoms. The Balaban J connectivity index is 1.71. The molecule has 156 valence electrons. The Labute approximate surface area is 176 Å². The van der Waals surface area contributed by atoms with Crippen LogP contribution in [0.25, 0.3) is 0 Å². The maximum atomic E-state index is 13.5. The van der Waals surface area contributed by atoms with Crippen LogP contribution in [0.1, 0.15) is 41.5 Å². The van der Waals surface area contributed by atoms with E-state index in [1.807, 2.05) is 6.92 Å². The molecule has 0 amide bonds. The predicted octanol–water partition coefficient (Wildman–Crippen LogP) is 5.58. The number of benzene rings is 3. The van der Waals surface area contributed by atoms with Gasteiger partial charge in [-0.2, -0.15) is 4.31 Å². The van der Waals surface area contributed by atoms with Crippen LogP contribution in [0.2, 0.25) is 0 Å². The van der Waals surface area contributed by atoms with Gasteiger partial charge in [0.2, 0.25) is 10.0 Å². The molecule has 0 spiro atoms. The lowest BCUT2D eigenvalue weighted by atomic mass is 9.84. The second-order valence-electron chi connectivity index (χ2n) is 7.77. The van der Waals surface area contributed by atoms with Gasteiger partial charge in [0.15, 0.2) is 0 Å². The van der Waals surface area contributed by atoms with E-state index in [1.165, 1.54) is 28.6 Å². The van der Waals surface area contributed by atoms with E-state index in [0.717, 1.165) is 16.7 Å². The Kier molecular flexibility index (Phi) is 5.71. The summed E-state index contributed by atoms with van der Waals surface area (Å²) >= 11 is 0. The third kappa shape index (κ3) is 4.16. The second-order valence-corrected chi connectivity index (χ2v) is 9.66. The minimum absolute atomic E-state index is 0.0881. The highest BCUT2D eigenvalue weighted by Gasteiger charge is 2.38. The Bertz CT molecular complexity index is 1110. The van der Waals surface area contributed by atoms with Crippen LogP contribution in [0.3, 0.4) is 0 Å². The number of piperidine rings is 1. The molecule has 0 aromatic heterocycles. The van der Waals surface area contributed by atoms with Gasteiger partial charge in [0.05, 0.1) is 10.9 Å². The first-order valence-electron chi connectivity index (χ1n) is 9.94. The Morgan fingerprint density at radius 3 is 1.90 bits per heavy atom. The average Bonchev–Trinajstić information content (AvgIpc) is 2.75. The van der Waals surface area contributed by atoms with Crippen molar-refractivity contribution in [3.63, 3.8) is 0 Å². The van der Waals surface area contributed by atoms with Gasteiger partial charge in [-0.1, -0.05) is 42.0 Å². The molecular formula is C24H23F2NO2S. The van der Waals surface area contributed by atoms with E-state index < -0.39 is 16.1 Å². The van der Waals surface area contributed by atoms with Crippen molar-refractivity contribution in [2.45, 2.75) is 36.6 Å². The molecular weight excluding hydrogens is 404 g/mol. The molecule has 4 rings (SSSR count). The van der Waals surface area contributed by atoms with Crippen molar-refractivity contribution in [1.29, 1.82) is 0 Å². The number of halogens is 2. The van der Waals surface area contributed by atoms with Crippen molar-refractivity contribution in [3.8, 4) is 0 Å². The molecule has 3 aromatic carbocycles. The molecule has 0 saturated carbocycles. The van der Waals surface area contributed by atoms with Crippen molar-refractivity contribution in [3.05, 3.63) is 101 Å². The summed E-state index contributed by atoms with van der Waals surface area (Å²) in [6.07, 6.45) is 1.18. The SMILES string of the molecule is Cc1ccc(S(=O)(=O)N2CCC(c3ccc(F)cc3)CC2c2ccc(F)cc2)cc1. The van der Waals surface area contributed by atoms with Crippen LogP contribution >= 0.6 is 0 Å². The summed E-state index contributed by atoms with van der Waals surface area (Å²) in [5, 5.41) is 0. The van der Waals surface area contributed by atoms with E-state index in [2.05, 4.69) is 0 Å². The Hall–Kier alpha value is -2.57. The first-order chi connectivity index (χ1) is 14.3. The number of sulfonamides is 1. The molecule has 0 bridgehead atoms. The van der Waals surface area contributed by atoms with Gasteiger partial charge < -0.3 is 0 Å². The first-order valence-corrected chi connectivity index (χ1v) is 11.4. The highest BCUT2D eigenvalue weighted by atomic mass is 32.2. The van der Waals surface area contributed by atoms with Crippen LogP contribution in [0.4, 0.5) is 8.78 Å². The molecule has 3 nitrogen and oxygen atoms in total. The number of hydrogen-bond donors (Lipinski definition) is 0. The molecule has 0 aliphatic carbocycles. The Morgan fingerprint density at radius 1 is 0.800 bits per heavy atom. The van der Waals surface area contributed by atoms with Gasteiger partial charge in [-0.15, -0.1) is 0 Å². The third-order valence-electron chi connectivity index (χ3n) is 5.78. The van der Waals surface area contributed by atoms with Crippen LogP contribution in [0.5, 0.6) is 0 Å². The van der Waals surface area contributed by atoms with Gasteiger partial charge in [0, 0.05) is 6.54 Å². The number of nitrogens with zero attached hydrogens (tertiary/aromatic N) is 1. The highest BCUT2D eigenvalue weighted by molar-refractivity contribution is 7.89. The number of rotatable bonds is 4. The average molecular weight is 428 g/mol.